The van der Waals surface area contributed by atoms with Crippen LogP contribution in [0, 0.1) is 6.92 Å². The van der Waals surface area contributed by atoms with Crippen LogP contribution < -0.4 is 14.4 Å². The molecule has 0 radical (unpaired) electrons. The minimum atomic E-state index is -4.19. The van der Waals surface area contributed by atoms with E-state index in [1.165, 1.54) is 12.1 Å². The van der Waals surface area contributed by atoms with Gasteiger partial charge in [0.25, 0.3) is 10.0 Å². The number of sulfonamides is 1. The summed E-state index contributed by atoms with van der Waals surface area (Å²) in [7, 11) is -4.19. The standard InChI is InChI=1S/C38H43N3O5S/c1-3-46-34-22-24-35(25-23-34)47(44,45)41(33-16-8-5-9-17-33)28-37(42)40(27-31-20-18-29(2)19-21-31)36(26-30-12-6-4-7-13-30)38(43)39-32-14-10-11-15-32/h4-9,12-13,16-25,32,36H,3,10-11,14-15,26-28H2,1-2H3,(H,39,43)/t36-/m0/s1. The summed E-state index contributed by atoms with van der Waals surface area (Å²) in [6, 6.07) is 31.4. The van der Waals surface area contributed by atoms with Gasteiger partial charge in [0.2, 0.25) is 11.8 Å². The van der Waals surface area contributed by atoms with Crippen molar-refractivity contribution in [1.29, 1.82) is 0 Å². The number of benzene rings is 4. The Bertz CT molecular complexity index is 1710. The molecule has 246 valence electrons. The zero-order chi connectivity index (χ0) is 33.2. The van der Waals surface area contributed by atoms with Gasteiger partial charge in [0.1, 0.15) is 18.3 Å². The average molecular weight is 654 g/mol. The maximum Gasteiger partial charge on any atom is 0.264 e. The molecule has 0 unspecified atom stereocenters. The second kappa shape index (κ2) is 15.8. The summed E-state index contributed by atoms with van der Waals surface area (Å²) in [5.41, 5.74) is 3.17. The Morgan fingerprint density at radius 3 is 2.06 bits per heavy atom. The van der Waals surface area contributed by atoms with E-state index in [9.17, 15) is 18.0 Å². The van der Waals surface area contributed by atoms with Crippen molar-refractivity contribution >= 4 is 27.5 Å². The molecule has 2 amide bonds. The third-order valence-corrected chi connectivity index (χ3v) is 10.3. The number of amides is 2. The lowest BCUT2D eigenvalue weighted by Gasteiger charge is -2.34. The van der Waals surface area contributed by atoms with Crippen LogP contribution in [-0.4, -0.2) is 50.4 Å². The fourth-order valence-electron chi connectivity index (χ4n) is 5.94. The van der Waals surface area contributed by atoms with Gasteiger partial charge >= 0.3 is 0 Å². The van der Waals surface area contributed by atoms with E-state index in [2.05, 4.69) is 5.32 Å². The first-order valence-electron chi connectivity index (χ1n) is 16.2. The normalized spacial score (nSPS) is 13.9. The number of carbonyl (C=O) groups is 2. The number of nitrogens with one attached hydrogen (secondary N) is 1. The molecule has 0 saturated heterocycles. The van der Waals surface area contributed by atoms with Crippen molar-refractivity contribution < 1.29 is 22.7 Å². The first kappa shape index (κ1) is 33.7. The second-order valence-electron chi connectivity index (χ2n) is 12.0. The minimum Gasteiger partial charge on any atom is -0.494 e. The van der Waals surface area contributed by atoms with E-state index < -0.39 is 28.5 Å². The van der Waals surface area contributed by atoms with Crippen molar-refractivity contribution in [1.82, 2.24) is 10.2 Å². The predicted octanol–water partition coefficient (Wildman–Crippen LogP) is 6.29. The van der Waals surface area contributed by atoms with E-state index >= 15 is 0 Å². The highest BCUT2D eigenvalue weighted by Gasteiger charge is 2.35. The van der Waals surface area contributed by atoms with Crippen LogP contribution in [0.15, 0.2) is 114 Å². The van der Waals surface area contributed by atoms with Crippen LogP contribution in [-0.2, 0) is 32.6 Å². The van der Waals surface area contributed by atoms with Crippen LogP contribution in [0.1, 0.15) is 49.3 Å². The van der Waals surface area contributed by atoms with Crippen LogP contribution in [0.3, 0.4) is 0 Å². The number of para-hydroxylation sites is 1. The van der Waals surface area contributed by atoms with Crippen LogP contribution in [0.4, 0.5) is 5.69 Å². The Balaban J connectivity index is 1.53. The molecule has 0 spiro atoms. The zero-order valence-corrected chi connectivity index (χ0v) is 27.9. The molecule has 0 heterocycles. The molecule has 1 atom stereocenters. The smallest absolute Gasteiger partial charge is 0.264 e. The SMILES string of the molecule is CCOc1ccc(S(=O)(=O)N(CC(=O)N(Cc2ccc(C)cc2)[C@@H](Cc2ccccc2)C(=O)NC2CCCC2)c2ccccc2)cc1. The van der Waals surface area contributed by atoms with Gasteiger partial charge in [-0.1, -0.05) is 91.2 Å². The van der Waals surface area contributed by atoms with Crippen LogP contribution in [0.2, 0.25) is 0 Å². The van der Waals surface area contributed by atoms with Crippen LogP contribution >= 0.6 is 0 Å². The second-order valence-corrected chi connectivity index (χ2v) is 13.8. The summed E-state index contributed by atoms with van der Waals surface area (Å²) in [5.74, 6) is -0.164. The molecule has 5 rings (SSSR count). The fraction of sp³-hybridized carbons (Fsp3) is 0.316. The maximum atomic E-state index is 14.6. The van der Waals surface area contributed by atoms with Gasteiger partial charge in [0.05, 0.1) is 17.2 Å². The minimum absolute atomic E-state index is 0.0301. The van der Waals surface area contributed by atoms with Crippen molar-refractivity contribution in [2.75, 3.05) is 17.5 Å². The Morgan fingerprint density at radius 2 is 1.45 bits per heavy atom. The number of aryl methyl sites for hydroxylation is 1. The highest BCUT2D eigenvalue weighted by atomic mass is 32.2. The first-order chi connectivity index (χ1) is 22.7. The Morgan fingerprint density at radius 1 is 0.830 bits per heavy atom. The Hall–Kier alpha value is -4.63. The van der Waals surface area contributed by atoms with E-state index in [0.29, 0.717) is 18.0 Å². The molecule has 1 fully saturated rings. The molecular formula is C38H43N3O5S. The van der Waals surface area contributed by atoms with Gasteiger partial charge in [0.15, 0.2) is 0 Å². The first-order valence-corrected chi connectivity index (χ1v) is 17.7. The third-order valence-electron chi connectivity index (χ3n) is 8.49. The molecule has 1 aliphatic rings. The maximum absolute atomic E-state index is 14.6. The quantitative estimate of drug-likeness (QED) is 0.173. The van der Waals surface area contributed by atoms with Crippen molar-refractivity contribution in [2.45, 2.75) is 69.5 Å². The predicted molar refractivity (Wildman–Crippen MR) is 185 cm³/mol. The summed E-state index contributed by atoms with van der Waals surface area (Å²) in [6.07, 6.45) is 4.19. The van der Waals surface area contributed by atoms with E-state index in [1.807, 2.05) is 68.4 Å². The van der Waals surface area contributed by atoms with Gasteiger partial charge in [-0.05, 0) is 74.2 Å². The van der Waals surface area contributed by atoms with Crippen molar-refractivity contribution in [3.8, 4) is 5.75 Å². The number of carbonyl (C=O) groups excluding carboxylic acids is 2. The average Bonchev–Trinajstić information content (AvgIpc) is 3.60. The molecule has 47 heavy (non-hydrogen) atoms. The molecular weight excluding hydrogens is 611 g/mol. The summed E-state index contributed by atoms with van der Waals surface area (Å²) in [6.45, 7) is 3.94. The molecule has 0 bridgehead atoms. The molecule has 1 N–H and O–H groups in total. The van der Waals surface area contributed by atoms with Gasteiger partial charge in [0, 0.05) is 19.0 Å². The lowest BCUT2D eigenvalue weighted by molar-refractivity contribution is -0.140. The monoisotopic (exact) mass is 653 g/mol. The van der Waals surface area contributed by atoms with Gasteiger partial charge in [-0.15, -0.1) is 0 Å². The summed E-state index contributed by atoms with van der Waals surface area (Å²) in [4.78, 5) is 30.3. The van der Waals surface area contributed by atoms with E-state index in [1.54, 1.807) is 47.4 Å². The van der Waals surface area contributed by atoms with Crippen molar-refractivity contribution in [2.24, 2.45) is 0 Å². The zero-order valence-electron chi connectivity index (χ0n) is 27.0. The van der Waals surface area contributed by atoms with Gasteiger partial charge in [-0.25, -0.2) is 8.42 Å². The lowest BCUT2D eigenvalue weighted by Crippen LogP contribution is -2.54. The molecule has 4 aromatic carbocycles. The van der Waals surface area contributed by atoms with Crippen molar-refractivity contribution in [3.05, 3.63) is 126 Å². The molecule has 1 aliphatic carbocycles. The number of anilines is 1. The summed E-state index contributed by atoms with van der Waals surface area (Å²) >= 11 is 0. The van der Waals surface area contributed by atoms with E-state index in [4.69, 9.17) is 4.74 Å². The van der Waals surface area contributed by atoms with E-state index in [-0.39, 0.29) is 29.8 Å². The molecule has 0 aromatic heterocycles. The van der Waals surface area contributed by atoms with Crippen LogP contribution in [0.5, 0.6) is 5.75 Å². The summed E-state index contributed by atoms with van der Waals surface area (Å²) < 4.78 is 35.1. The highest BCUT2D eigenvalue weighted by Crippen LogP contribution is 2.27. The highest BCUT2D eigenvalue weighted by molar-refractivity contribution is 7.92. The third kappa shape index (κ3) is 8.80. The molecule has 8 nitrogen and oxygen atoms in total. The number of rotatable bonds is 14. The number of hydrogen-bond acceptors (Lipinski definition) is 5. The summed E-state index contributed by atoms with van der Waals surface area (Å²) in [5, 5.41) is 3.21. The Labute approximate surface area is 278 Å². The Kier molecular flexibility index (Phi) is 11.3. The molecule has 4 aromatic rings. The van der Waals surface area contributed by atoms with Crippen molar-refractivity contribution in [3.63, 3.8) is 0 Å². The largest absolute Gasteiger partial charge is 0.494 e. The number of nitrogens with zero attached hydrogens (tertiary/aromatic N) is 2. The lowest BCUT2D eigenvalue weighted by atomic mass is 10.0. The van der Waals surface area contributed by atoms with Gasteiger partial charge in [-0.2, -0.15) is 0 Å². The molecule has 0 aliphatic heterocycles. The van der Waals surface area contributed by atoms with Crippen LogP contribution in [0.25, 0.3) is 0 Å². The van der Waals surface area contributed by atoms with Gasteiger partial charge in [-0.3, -0.25) is 13.9 Å². The topological polar surface area (TPSA) is 96.0 Å². The number of ether oxygens (including phenoxy) is 1. The fourth-order valence-corrected chi connectivity index (χ4v) is 7.35. The molecule has 9 heteroatoms. The number of hydrogen-bond donors (Lipinski definition) is 1. The van der Waals surface area contributed by atoms with E-state index in [0.717, 1.165) is 46.7 Å². The van der Waals surface area contributed by atoms with Gasteiger partial charge < -0.3 is 15.0 Å². The molecule has 1 saturated carbocycles.